The Morgan fingerprint density at radius 2 is 1.81 bits per heavy atom. The fraction of sp³-hybridized carbons (Fsp3) is 0.316. The van der Waals surface area contributed by atoms with E-state index in [1.54, 1.807) is 20.5 Å². The van der Waals surface area contributed by atoms with Gasteiger partial charge in [0.25, 0.3) is 0 Å². The highest BCUT2D eigenvalue weighted by molar-refractivity contribution is 5.92. The maximum absolute atomic E-state index is 5.44. The SMILES string of the molecule is COc1cc2ncnc(N(C)C3CN(c4ccccn4)C3)c2cc1OC. The molecular formula is C19H21N5O2. The molecule has 1 aliphatic rings. The molecular weight excluding hydrogens is 330 g/mol. The number of hydrogen-bond acceptors (Lipinski definition) is 7. The molecule has 0 atom stereocenters. The number of fused-ring (bicyclic) bond motifs is 1. The second-order valence-electron chi connectivity index (χ2n) is 6.28. The normalized spacial score (nSPS) is 14.2. The molecule has 0 spiro atoms. The lowest BCUT2D eigenvalue weighted by molar-refractivity contribution is 0.355. The molecule has 0 amide bonds. The van der Waals surface area contributed by atoms with Crippen molar-refractivity contribution in [3.63, 3.8) is 0 Å². The Balaban J connectivity index is 1.60. The van der Waals surface area contributed by atoms with Gasteiger partial charge in [-0.3, -0.25) is 0 Å². The van der Waals surface area contributed by atoms with E-state index in [1.165, 1.54) is 0 Å². The summed E-state index contributed by atoms with van der Waals surface area (Å²) in [4.78, 5) is 17.8. The van der Waals surface area contributed by atoms with E-state index >= 15 is 0 Å². The number of ether oxygens (including phenoxy) is 2. The summed E-state index contributed by atoms with van der Waals surface area (Å²) in [5, 5.41) is 0.948. The number of aromatic nitrogens is 3. The van der Waals surface area contributed by atoms with Gasteiger partial charge in [0, 0.05) is 37.8 Å². The van der Waals surface area contributed by atoms with E-state index in [-0.39, 0.29) is 0 Å². The molecule has 1 aromatic carbocycles. The summed E-state index contributed by atoms with van der Waals surface area (Å²) in [5.41, 5.74) is 0.834. The fourth-order valence-electron chi connectivity index (χ4n) is 3.25. The van der Waals surface area contributed by atoms with Gasteiger partial charge in [-0.1, -0.05) is 6.07 Å². The van der Waals surface area contributed by atoms with Gasteiger partial charge < -0.3 is 19.3 Å². The molecule has 7 heteroatoms. The molecule has 134 valence electrons. The third-order valence-electron chi connectivity index (χ3n) is 4.84. The molecule has 0 saturated carbocycles. The highest BCUT2D eigenvalue weighted by Gasteiger charge is 2.32. The van der Waals surface area contributed by atoms with Crippen LogP contribution in [0.3, 0.4) is 0 Å². The standard InChI is InChI=1S/C19H21N5O2/c1-23(13-10-24(11-13)18-6-4-5-7-20-18)19-14-8-16(25-2)17(26-3)9-15(14)21-12-22-19/h4-9,12-13H,10-11H2,1-3H3. The van der Waals surface area contributed by atoms with Crippen molar-refractivity contribution < 1.29 is 9.47 Å². The van der Waals surface area contributed by atoms with Gasteiger partial charge in [0.05, 0.1) is 25.8 Å². The molecule has 4 rings (SSSR count). The van der Waals surface area contributed by atoms with Crippen LogP contribution in [0.5, 0.6) is 11.5 Å². The van der Waals surface area contributed by atoms with Crippen LogP contribution in [0.15, 0.2) is 42.9 Å². The molecule has 3 heterocycles. The lowest BCUT2D eigenvalue weighted by Gasteiger charge is -2.45. The van der Waals surface area contributed by atoms with Crippen LogP contribution in [0.2, 0.25) is 0 Å². The van der Waals surface area contributed by atoms with Gasteiger partial charge in [-0.05, 0) is 18.2 Å². The highest BCUT2D eigenvalue weighted by atomic mass is 16.5. The van der Waals surface area contributed by atoms with Crippen LogP contribution >= 0.6 is 0 Å². The summed E-state index contributed by atoms with van der Waals surface area (Å²) in [6, 6.07) is 10.2. The number of pyridine rings is 1. The zero-order valence-electron chi connectivity index (χ0n) is 15.1. The molecule has 2 aromatic heterocycles. The Morgan fingerprint density at radius 1 is 1.04 bits per heavy atom. The van der Waals surface area contributed by atoms with Gasteiger partial charge in [0.1, 0.15) is 18.0 Å². The molecule has 0 N–H and O–H groups in total. The first-order chi connectivity index (χ1) is 12.7. The second-order valence-corrected chi connectivity index (χ2v) is 6.28. The number of benzene rings is 1. The predicted molar refractivity (Wildman–Crippen MR) is 101 cm³/mol. The highest BCUT2D eigenvalue weighted by Crippen LogP contribution is 2.35. The van der Waals surface area contributed by atoms with Gasteiger partial charge in [0.2, 0.25) is 0 Å². The zero-order chi connectivity index (χ0) is 18.1. The second kappa shape index (κ2) is 6.67. The van der Waals surface area contributed by atoms with Crippen molar-refractivity contribution in [3.8, 4) is 11.5 Å². The van der Waals surface area contributed by atoms with Crippen LogP contribution in [0.4, 0.5) is 11.6 Å². The van der Waals surface area contributed by atoms with Crippen molar-refractivity contribution in [2.45, 2.75) is 6.04 Å². The van der Waals surface area contributed by atoms with Crippen molar-refractivity contribution in [1.82, 2.24) is 15.0 Å². The summed E-state index contributed by atoms with van der Waals surface area (Å²) in [7, 11) is 5.32. The first-order valence-corrected chi connectivity index (χ1v) is 8.47. The Morgan fingerprint density at radius 3 is 2.50 bits per heavy atom. The average Bonchev–Trinajstić information content (AvgIpc) is 2.65. The van der Waals surface area contributed by atoms with Gasteiger partial charge in [-0.2, -0.15) is 0 Å². The van der Waals surface area contributed by atoms with Crippen LogP contribution in [0.25, 0.3) is 10.9 Å². The molecule has 26 heavy (non-hydrogen) atoms. The average molecular weight is 351 g/mol. The first-order valence-electron chi connectivity index (χ1n) is 8.47. The summed E-state index contributed by atoms with van der Waals surface area (Å²) in [6.07, 6.45) is 3.42. The van der Waals surface area contributed by atoms with Crippen LogP contribution in [0.1, 0.15) is 0 Å². The maximum atomic E-state index is 5.44. The molecule has 0 aliphatic carbocycles. The molecule has 0 radical (unpaired) electrons. The van der Waals surface area contributed by atoms with E-state index in [4.69, 9.17) is 9.47 Å². The number of methoxy groups -OCH3 is 2. The largest absolute Gasteiger partial charge is 0.493 e. The molecule has 7 nitrogen and oxygen atoms in total. The minimum absolute atomic E-state index is 0.364. The topological polar surface area (TPSA) is 63.6 Å². The van der Waals surface area contributed by atoms with E-state index in [0.717, 1.165) is 35.6 Å². The third-order valence-corrected chi connectivity index (χ3v) is 4.84. The number of nitrogens with zero attached hydrogens (tertiary/aromatic N) is 5. The minimum Gasteiger partial charge on any atom is -0.493 e. The Bertz CT molecular complexity index is 912. The van der Waals surface area contributed by atoms with E-state index in [2.05, 4.69) is 31.8 Å². The van der Waals surface area contributed by atoms with Crippen molar-refractivity contribution in [2.24, 2.45) is 0 Å². The molecule has 1 saturated heterocycles. The summed E-state index contributed by atoms with van der Waals surface area (Å²) in [6.45, 7) is 1.82. The summed E-state index contributed by atoms with van der Waals surface area (Å²) >= 11 is 0. The Hall–Kier alpha value is -3.09. The molecule has 3 aromatic rings. The Kier molecular flexibility index (Phi) is 4.20. The van der Waals surface area contributed by atoms with Gasteiger partial charge in [-0.25, -0.2) is 15.0 Å². The van der Waals surface area contributed by atoms with E-state index in [1.807, 2.05) is 36.5 Å². The molecule has 1 aliphatic heterocycles. The molecule has 0 bridgehead atoms. The van der Waals surface area contributed by atoms with Crippen molar-refractivity contribution >= 4 is 22.5 Å². The number of anilines is 2. The zero-order valence-corrected chi connectivity index (χ0v) is 15.1. The van der Waals surface area contributed by atoms with Crippen molar-refractivity contribution in [2.75, 3.05) is 44.2 Å². The number of likely N-dealkylation sites (N-methyl/N-ethyl adjacent to an activating group) is 1. The third kappa shape index (κ3) is 2.75. The van der Waals surface area contributed by atoms with Crippen LogP contribution < -0.4 is 19.3 Å². The van der Waals surface area contributed by atoms with Gasteiger partial charge >= 0.3 is 0 Å². The number of hydrogen-bond donors (Lipinski definition) is 0. The maximum Gasteiger partial charge on any atom is 0.162 e. The Labute approximate surface area is 152 Å². The van der Waals surface area contributed by atoms with Gasteiger partial charge in [-0.15, -0.1) is 0 Å². The van der Waals surface area contributed by atoms with Crippen LogP contribution in [-0.4, -0.2) is 55.4 Å². The molecule has 0 unspecified atom stereocenters. The quantitative estimate of drug-likeness (QED) is 0.699. The van der Waals surface area contributed by atoms with Gasteiger partial charge in [0.15, 0.2) is 11.5 Å². The molecule has 1 fully saturated rings. The van der Waals surface area contributed by atoms with E-state index < -0.39 is 0 Å². The lowest BCUT2D eigenvalue weighted by Crippen LogP contribution is -2.59. The predicted octanol–water partition coefficient (Wildman–Crippen LogP) is 2.37. The van der Waals surface area contributed by atoms with E-state index in [0.29, 0.717) is 17.5 Å². The minimum atomic E-state index is 0.364. The van der Waals surface area contributed by atoms with Crippen LogP contribution in [0, 0.1) is 0 Å². The summed E-state index contributed by atoms with van der Waals surface area (Å²) < 4.78 is 10.8. The van der Waals surface area contributed by atoms with Crippen LogP contribution in [-0.2, 0) is 0 Å². The first kappa shape index (κ1) is 16.4. The number of rotatable bonds is 5. The van der Waals surface area contributed by atoms with Crippen molar-refractivity contribution in [3.05, 3.63) is 42.9 Å². The monoisotopic (exact) mass is 351 g/mol. The summed E-state index contributed by atoms with van der Waals surface area (Å²) in [5.74, 6) is 3.24. The lowest BCUT2D eigenvalue weighted by atomic mass is 10.1. The fourth-order valence-corrected chi connectivity index (χ4v) is 3.25. The van der Waals surface area contributed by atoms with Crippen molar-refractivity contribution in [1.29, 1.82) is 0 Å². The van der Waals surface area contributed by atoms with E-state index in [9.17, 15) is 0 Å². The smallest absolute Gasteiger partial charge is 0.162 e.